The predicted molar refractivity (Wildman–Crippen MR) is 111 cm³/mol. The van der Waals surface area contributed by atoms with Crippen molar-refractivity contribution in [1.82, 2.24) is 9.97 Å². The Bertz CT molecular complexity index is 931. The van der Waals surface area contributed by atoms with Crippen LogP contribution in [0.4, 0.5) is 21.8 Å². The summed E-state index contributed by atoms with van der Waals surface area (Å²) in [6.07, 6.45) is 0. The largest absolute Gasteiger partial charge is 0.394 e. The van der Waals surface area contributed by atoms with Gasteiger partial charge < -0.3 is 15.7 Å². The second-order valence-corrected chi connectivity index (χ2v) is 7.09. The summed E-state index contributed by atoms with van der Waals surface area (Å²) in [4.78, 5) is 9.11. The number of hydrogen-bond acceptors (Lipinski definition) is 5. The van der Waals surface area contributed by atoms with Gasteiger partial charge in [0.15, 0.2) is 0 Å². The summed E-state index contributed by atoms with van der Waals surface area (Å²) in [6, 6.07) is 16.4. The second kappa shape index (κ2) is 8.80. The summed E-state index contributed by atoms with van der Waals surface area (Å²) in [6.45, 7) is 5.73. The van der Waals surface area contributed by atoms with E-state index in [4.69, 9.17) is 0 Å². The third-order valence-electron chi connectivity index (χ3n) is 4.56. The van der Waals surface area contributed by atoms with Gasteiger partial charge in [0, 0.05) is 17.3 Å². The van der Waals surface area contributed by atoms with Gasteiger partial charge in [-0.05, 0) is 30.5 Å². The number of aliphatic hydroxyl groups excluding tert-OH is 1. The van der Waals surface area contributed by atoms with Crippen molar-refractivity contribution in [1.29, 1.82) is 0 Å². The molecule has 0 saturated carbocycles. The normalized spacial score (nSPS) is 12.1. The molecule has 1 heterocycles. The molecule has 0 fully saturated rings. The molecule has 1 aromatic heterocycles. The molecule has 5 nitrogen and oxygen atoms in total. The lowest BCUT2D eigenvalue weighted by Crippen LogP contribution is -2.30. The molecule has 3 N–H and O–H groups in total. The minimum Gasteiger partial charge on any atom is -0.394 e. The number of aliphatic hydroxyl groups is 1. The van der Waals surface area contributed by atoms with Crippen LogP contribution >= 0.6 is 0 Å². The van der Waals surface area contributed by atoms with Crippen molar-refractivity contribution in [2.45, 2.75) is 26.8 Å². The third kappa shape index (κ3) is 4.84. The summed E-state index contributed by atoms with van der Waals surface area (Å²) < 4.78 is 13.9. The van der Waals surface area contributed by atoms with Gasteiger partial charge in [-0.1, -0.05) is 50.2 Å². The molecule has 0 amide bonds. The lowest BCUT2D eigenvalue weighted by molar-refractivity contribution is 0.248. The van der Waals surface area contributed by atoms with Gasteiger partial charge in [-0.25, -0.2) is 9.37 Å². The Hall–Kier alpha value is -2.99. The zero-order chi connectivity index (χ0) is 20.1. The quantitative estimate of drug-likeness (QED) is 0.551. The standard InChI is InChI=1S/C22H25FN4O/c1-14(2)20(13-28)26-22-25-19(16-7-5-4-6-8-16)12-21(27-22)24-17-10-9-15(3)18(23)11-17/h4-12,14,20,28H,13H2,1-3H3,(H2,24,25,26,27)/t20-/m0/s1. The second-order valence-electron chi connectivity index (χ2n) is 7.09. The maximum Gasteiger partial charge on any atom is 0.225 e. The molecular weight excluding hydrogens is 355 g/mol. The van der Waals surface area contributed by atoms with Crippen LogP contribution in [0.1, 0.15) is 19.4 Å². The highest BCUT2D eigenvalue weighted by Gasteiger charge is 2.15. The average Bonchev–Trinajstić information content (AvgIpc) is 2.69. The number of halogens is 1. The Labute approximate surface area is 164 Å². The van der Waals surface area contributed by atoms with Crippen molar-refractivity contribution >= 4 is 17.5 Å². The lowest BCUT2D eigenvalue weighted by atomic mass is 10.1. The monoisotopic (exact) mass is 380 g/mol. The van der Waals surface area contributed by atoms with E-state index in [9.17, 15) is 9.50 Å². The molecule has 0 spiro atoms. The van der Waals surface area contributed by atoms with Crippen molar-refractivity contribution < 1.29 is 9.50 Å². The Morgan fingerprint density at radius 3 is 2.43 bits per heavy atom. The number of rotatable bonds is 7. The molecule has 3 rings (SSSR count). The maximum absolute atomic E-state index is 13.9. The molecule has 0 aliphatic rings. The fourth-order valence-corrected chi connectivity index (χ4v) is 2.74. The van der Waals surface area contributed by atoms with Gasteiger partial charge in [0.25, 0.3) is 0 Å². The Kier molecular flexibility index (Phi) is 6.21. The number of nitrogens with zero attached hydrogens (tertiary/aromatic N) is 2. The summed E-state index contributed by atoms with van der Waals surface area (Å²) in [5.74, 6) is 0.877. The van der Waals surface area contributed by atoms with Gasteiger partial charge in [0.2, 0.25) is 5.95 Å². The molecule has 1 atom stereocenters. The van der Waals surface area contributed by atoms with Crippen LogP contribution in [0.2, 0.25) is 0 Å². The smallest absolute Gasteiger partial charge is 0.225 e. The van der Waals surface area contributed by atoms with Crippen LogP contribution in [0.5, 0.6) is 0 Å². The van der Waals surface area contributed by atoms with Crippen LogP contribution < -0.4 is 10.6 Å². The summed E-state index contributed by atoms with van der Waals surface area (Å²) >= 11 is 0. The number of benzene rings is 2. The van der Waals surface area contributed by atoms with Crippen molar-refractivity contribution in [3.63, 3.8) is 0 Å². The minimum atomic E-state index is -0.277. The van der Waals surface area contributed by atoms with Gasteiger partial charge in [-0.3, -0.25) is 0 Å². The van der Waals surface area contributed by atoms with Crippen molar-refractivity contribution in [3.05, 3.63) is 66.0 Å². The van der Waals surface area contributed by atoms with Gasteiger partial charge in [-0.15, -0.1) is 0 Å². The number of hydrogen-bond donors (Lipinski definition) is 3. The fraction of sp³-hybridized carbons (Fsp3) is 0.273. The first-order valence-electron chi connectivity index (χ1n) is 9.31. The van der Waals surface area contributed by atoms with Gasteiger partial charge in [0.05, 0.1) is 18.3 Å². The molecule has 0 radical (unpaired) electrons. The first-order valence-corrected chi connectivity index (χ1v) is 9.31. The Morgan fingerprint density at radius 2 is 1.79 bits per heavy atom. The molecule has 3 aromatic rings. The summed E-state index contributed by atoms with van der Waals surface area (Å²) in [7, 11) is 0. The van der Waals surface area contributed by atoms with E-state index >= 15 is 0 Å². The molecule has 0 bridgehead atoms. The SMILES string of the molecule is Cc1ccc(Nc2cc(-c3ccccc3)nc(N[C@@H](CO)C(C)C)n2)cc1F. The highest BCUT2D eigenvalue weighted by molar-refractivity contribution is 5.67. The van der Waals surface area contributed by atoms with Gasteiger partial charge in [0.1, 0.15) is 11.6 Å². The van der Waals surface area contributed by atoms with Crippen LogP contribution in [0, 0.1) is 18.7 Å². The van der Waals surface area contributed by atoms with Crippen LogP contribution in [-0.2, 0) is 0 Å². The van der Waals surface area contributed by atoms with E-state index in [1.54, 1.807) is 19.1 Å². The van der Waals surface area contributed by atoms with E-state index in [2.05, 4.69) is 20.6 Å². The molecule has 0 saturated heterocycles. The zero-order valence-corrected chi connectivity index (χ0v) is 16.3. The number of aromatic nitrogens is 2. The third-order valence-corrected chi connectivity index (χ3v) is 4.56. The lowest BCUT2D eigenvalue weighted by Gasteiger charge is -2.20. The van der Waals surface area contributed by atoms with E-state index in [-0.39, 0.29) is 24.4 Å². The van der Waals surface area contributed by atoms with Crippen LogP contribution in [-0.4, -0.2) is 27.7 Å². The first kappa shape index (κ1) is 19.8. The van der Waals surface area contributed by atoms with Crippen molar-refractivity contribution in [3.8, 4) is 11.3 Å². The van der Waals surface area contributed by atoms with E-state index in [0.717, 1.165) is 11.3 Å². The first-order chi connectivity index (χ1) is 13.5. The molecular formula is C22H25FN4O. The molecule has 6 heteroatoms. The van der Waals surface area contributed by atoms with Crippen LogP contribution in [0.3, 0.4) is 0 Å². The van der Waals surface area contributed by atoms with E-state index in [1.165, 1.54) is 6.07 Å². The zero-order valence-electron chi connectivity index (χ0n) is 16.3. The van der Waals surface area contributed by atoms with Crippen LogP contribution in [0.15, 0.2) is 54.6 Å². The highest BCUT2D eigenvalue weighted by atomic mass is 19.1. The molecule has 0 aliphatic heterocycles. The van der Waals surface area contributed by atoms with E-state index in [1.807, 2.05) is 50.2 Å². The van der Waals surface area contributed by atoms with E-state index < -0.39 is 0 Å². The highest BCUT2D eigenvalue weighted by Crippen LogP contribution is 2.25. The van der Waals surface area contributed by atoms with Gasteiger partial charge in [-0.2, -0.15) is 4.98 Å². The van der Waals surface area contributed by atoms with Crippen LogP contribution in [0.25, 0.3) is 11.3 Å². The van der Waals surface area contributed by atoms with Crippen molar-refractivity contribution in [2.75, 3.05) is 17.2 Å². The molecule has 0 unspecified atom stereocenters. The summed E-state index contributed by atoms with van der Waals surface area (Å²) in [5.41, 5.74) is 2.86. The van der Waals surface area contributed by atoms with Crippen molar-refractivity contribution in [2.24, 2.45) is 5.92 Å². The summed E-state index contributed by atoms with van der Waals surface area (Å²) in [5, 5.41) is 16.0. The average molecular weight is 380 g/mol. The van der Waals surface area contributed by atoms with E-state index in [0.29, 0.717) is 23.0 Å². The number of nitrogens with one attached hydrogen (secondary N) is 2. The number of aryl methyl sites for hydroxylation is 1. The molecule has 28 heavy (non-hydrogen) atoms. The minimum absolute atomic E-state index is 0.0253. The molecule has 146 valence electrons. The fourth-order valence-electron chi connectivity index (χ4n) is 2.74. The Morgan fingerprint density at radius 1 is 1.04 bits per heavy atom. The topological polar surface area (TPSA) is 70.1 Å². The molecule has 0 aliphatic carbocycles. The predicted octanol–water partition coefficient (Wildman–Crippen LogP) is 4.76. The maximum atomic E-state index is 13.9. The number of anilines is 3. The molecule has 2 aromatic carbocycles. The Balaban J connectivity index is 1.97. The van der Waals surface area contributed by atoms with Gasteiger partial charge >= 0.3 is 0 Å².